The number of fused-ring (bicyclic) bond motifs is 2. The molecule has 0 aliphatic carbocycles. The lowest BCUT2D eigenvalue weighted by Crippen LogP contribution is -2.64. The molecule has 62 heavy (non-hydrogen) atoms. The number of ether oxygens (including phenoxy) is 7. The molecule has 5 rings (SSSR count). The van der Waals surface area contributed by atoms with Crippen LogP contribution in [0.3, 0.4) is 0 Å². The first-order valence-corrected chi connectivity index (χ1v) is 21.6. The van der Waals surface area contributed by atoms with Crippen LogP contribution in [0.15, 0.2) is 42.7 Å². The number of pyridine rings is 1. The summed E-state index contributed by atoms with van der Waals surface area (Å²) in [7, 11) is 5.26. The van der Waals surface area contributed by atoms with Crippen molar-refractivity contribution in [2.24, 2.45) is 23.7 Å². The van der Waals surface area contributed by atoms with Crippen LogP contribution in [0.1, 0.15) is 92.7 Å². The highest BCUT2D eigenvalue weighted by Gasteiger charge is 2.55. The molecule has 3 aliphatic rings. The highest BCUT2D eigenvalue weighted by molar-refractivity contribution is 6.00. The molecule has 0 bridgehead atoms. The number of nitrogens with one attached hydrogen (secondary N) is 2. The molecule has 13 atom stereocenters. The monoisotopic (exact) mass is 866 g/mol. The molecule has 16 nitrogen and oxygen atoms in total. The number of methoxy groups -OCH3 is 1. The van der Waals surface area contributed by atoms with Gasteiger partial charge in [0.15, 0.2) is 23.8 Å². The van der Waals surface area contributed by atoms with Gasteiger partial charge in [0.2, 0.25) is 0 Å². The molecular formula is C46H66N4O12. The van der Waals surface area contributed by atoms with E-state index in [1.165, 1.54) is 21.0 Å². The van der Waals surface area contributed by atoms with E-state index in [9.17, 15) is 24.0 Å². The Morgan fingerprint density at radius 3 is 2.37 bits per heavy atom. The smallest absolute Gasteiger partial charge is 0.407 e. The summed E-state index contributed by atoms with van der Waals surface area (Å²) in [6.45, 7) is 15.7. The van der Waals surface area contributed by atoms with Crippen LogP contribution in [0, 0.1) is 23.7 Å². The zero-order valence-electron chi connectivity index (χ0n) is 38.2. The van der Waals surface area contributed by atoms with E-state index in [0.717, 1.165) is 11.1 Å². The molecule has 16 heteroatoms. The molecule has 342 valence electrons. The molecule has 0 radical (unpaired) electrons. The van der Waals surface area contributed by atoms with Crippen molar-refractivity contribution in [1.82, 2.24) is 15.2 Å². The van der Waals surface area contributed by atoms with E-state index >= 15 is 0 Å². The first-order chi connectivity index (χ1) is 29.2. The van der Waals surface area contributed by atoms with Gasteiger partial charge in [0.05, 0.1) is 35.6 Å². The molecule has 2 aromatic rings. The number of anilines is 1. The minimum atomic E-state index is -1.30. The number of likely N-dealkylation sites (N-methyl/N-ethyl adjacent to an activating group) is 1. The molecule has 3 aliphatic heterocycles. The highest BCUT2D eigenvalue weighted by Crippen LogP contribution is 2.44. The van der Waals surface area contributed by atoms with Gasteiger partial charge in [-0.1, -0.05) is 39.8 Å². The summed E-state index contributed by atoms with van der Waals surface area (Å²) in [4.78, 5) is 74.4. The summed E-state index contributed by atoms with van der Waals surface area (Å²) in [6, 6.07) is 7.97. The van der Waals surface area contributed by atoms with Crippen LogP contribution in [-0.2, 0) is 60.8 Å². The lowest BCUT2D eigenvalue weighted by atomic mass is 9.72. The minimum absolute atomic E-state index is 0.0676. The van der Waals surface area contributed by atoms with Gasteiger partial charge in [-0.15, -0.1) is 0 Å². The average Bonchev–Trinajstić information content (AvgIpc) is 3.24. The maximum Gasteiger partial charge on any atom is 0.407 e. The summed E-state index contributed by atoms with van der Waals surface area (Å²) in [5.41, 5.74) is -0.500. The number of carbonyl (C=O) groups is 5. The van der Waals surface area contributed by atoms with Crippen LogP contribution in [0.2, 0.25) is 0 Å². The standard InChI is InChI=1S/C46H66N4O12/c1-13-36-46(9)40(49-33-20-31(16-17-35(33)62-46)23-48-44(55)57-24-32-15-14-18-47-22-32)27(4)37(52)25(2)21-45(8,56-12)41(28(5)38(53)29(6)42(54)60-36)61-43-39(59-30(7)51)34(50(10)11)19-26(3)58-43/h14-18,20,22,25-29,34,36,39-41,43,49H,13,19,21,23-24H2,1-12H3,(H,48,55)/t25-,26-,27+,28+,29-,34+,36?,39-,40-,41-,43+,45-,46-/m1/s1. The molecule has 1 aromatic carbocycles. The topological polar surface area (TPSA) is 190 Å². The van der Waals surface area contributed by atoms with Gasteiger partial charge in [0.25, 0.3) is 0 Å². The summed E-state index contributed by atoms with van der Waals surface area (Å²) in [5, 5.41) is 6.33. The third-order valence-electron chi connectivity index (χ3n) is 12.8. The number of cyclic esters (lactones) is 1. The summed E-state index contributed by atoms with van der Waals surface area (Å²) in [5.74, 6) is -4.96. The van der Waals surface area contributed by atoms with Crippen LogP contribution in [0.5, 0.6) is 5.75 Å². The summed E-state index contributed by atoms with van der Waals surface area (Å²) < 4.78 is 43.5. The van der Waals surface area contributed by atoms with Crippen molar-refractivity contribution >= 4 is 35.3 Å². The van der Waals surface area contributed by atoms with Gasteiger partial charge >= 0.3 is 18.0 Å². The molecule has 0 saturated carbocycles. The minimum Gasteiger partial charge on any atom is -0.479 e. The number of amides is 1. The van der Waals surface area contributed by atoms with E-state index in [1.54, 1.807) is 44.4 Å². The van der Waals surface area contributed by atoms with Gasteiger partial charge in [-0.25, -0.2) is 4.79 Å². The molecular weight excluding hydrogens is 801 g/mol. The molecule has 1 amide bonds. The van der Waals surface area contributed by atoms with E-state index in [1.807, 2.05) is 65.7 Å². The van der Waals surface area contributed by atoms with E-state index in [2.05, 4.69) is 15.6 Å². The van der Waals surface area contributed by atoms with Gasteiger partial charge < -0.3 is 48.7 Å². The Morgan fingerprint density at radius 2 is 1.74 bits per heavy atom. The first kappa shape index (κ1) is 48.4. The van der Waals surface area contributed by atoms with E-state index < -0.39 is 89.3 Å². The third kappa shape index (κ3) is 10.7. The zero-order chi connectivity index (χ0) is 45.7. The molecule has 1 aromatic heterocycles. The second-order valence-corrected chi connectivity index (χ2v) is 17.8. The number of alkyl carbamates (subject to hydrolysis) is 1. The molecule has 2 fully saturated rings. The first-order valence-electron chi connectivity index (χ1n) is 21.6. The van der Waals surface area contributed by atoms with Crippen LogP contribution in [0.4, 0.5) is 10.5 Å². The number of esters is 2. The Morgan fingerprint density at radius 1 is 1.02 bits per heavy atom. The van der Waals surface area contributed by atoms with E-state index in [0.29, 0.717) is 24.3 Å². The van der Waals surface area contributed by atoms with Crippen LogP contribution >= 0.6 is 0 Å². The number of carbonyl (C=O) groups excluding carboxylic acids is 5. The number of hydrogen-bond acceptors (Lipinski definition) is 15. The number of hydrogen-bond donors (Lipinski definition) is 2. The second-order valence-electron chi connectivity index (χ2n) is 17.8. The van der Waals surface area contributed by atoms with Crippen molar-refractivity contribution in [3.63, 3.8) is 0 Å². The lowest BCUT2D eigenvalue weighted by molar-refractivity contribution is -0.298. The van der Waals surface area contributed by atoms with Crippen molar-refractivity contribution in [1.29, 1.82) is 0 Å². The van der Waals surface area contributed by atoms with Gasteiger partial charge in [0.1, 0.15) is 30.2 Å². The third-order valence-corrected chi connectivity index (χ3v) is 12.8. The Kier molecular flexibility index (Phi) is 15.8. The molecule has 1 unspecified atom stereocenters. The fraction of sp³-hybridized carbons (Fsp3) is 0.652. The summed E-state index contributed by atoms with van der Waals surface area (Å²) in [6.07, 6.45) is -0.587. The maximum atomic E-state index is 14.8. The largest absolute Gasteiger partial charge is 0.479 e. The van der Waals surface area contributed by atoms with Crippen LogP contribution < -0.4 is 15.4 Å². The van der Waals surface area contributed by atoms with Gasteiger partial charge in [0, 0.05) is 56.3 Å². The maximum absolute atomic E-state index is 14.8. The Labute approximate surface area is 365 Å². The SMILES string of the molecule is CCC1OC(=O)[C@H](C)C(=O)[C@H](C)[C@@H](O[C@@H]2O[C@H](C)C[C@H](N(C)C)[C@H]2OC(C)=O)[C@](C)(OC)C[C@@H](C)C(=O)[C@H](C)[C@H]2Nc3cc(CNC(=O)OCc4cccnc4)ccc3O[C@]12C. The van der Waals surface area contributed by atoms with E-state index in [4.69, 9.17) is 33.2 Å². The van der Waals surface area contributed by atoms with Crippen molar-refractivity contribution in [3.8, 4) is 5.75 Å². The van der Waals surface area contributed by atoms with Crippen molar-refractivity contribution in [2.75, 3.05) is 26.5 Å². The molecule has 0 spiro atoms. The molecule has 2 saturated heterocycles. The number of ketones is 2. The second kappa shape index (κ2) is 20.2. The number of rotatable bonds is 10. The fourth-order valence-electron chi connectivity index (χ4n) is 9.28. The fourth-order valence-corrected chi connectivity index (χ4v) is 9.28. The predicted octanol–water partition coefficient (Wildman–Crippen LogP) is 5.63. The summed E-state index contributed by atoms with van der Waals surface area (Å²) >= 11 is 0. The zero-order valence-corrected chi connectivity index (χ0v) is 38.2. The number of nitrogens with zero attached hydrogens (tertiary/aromatic N) is 2. The highest BCUT2D eigenvalue weighted by atomic mass is 16.7. The Bertz CT molecular complexity index is 1910. The van der Waals surface area contributed by atoms with Crippen molar-refractivity contribution in [2.45, 2.75) is 149 Å². The van der Waals surface area contributed by atoms with E-state index in [-0.39, 0.29) is 37.5 Å². The quantitative estimate of drug-likeness (QED) is 0.170. The van der Waals surface area contributed by atoms with Crippen LogP contribution in [-0.4, -0.2) is 115 Å². The molecule has 4 heterocycles. The van der Waals surface area contributed by atoms with Crippen molar-refractivity contribution < 1.29 is 57.1 Å². The Hall–Kier alpha value is -4.64. The van der Waals surface area contributed by atoms with Crippen LogP contribution in [0.25, 0.3) is 0 Å². The lowest BCUT2D eigenvalue weighted by Gasteiger charge is -2.50. The van der Waals surface area contributed by atoms with Gasteiger partial charge in [-0.2, -0.15) is 0 Å². The average molecular weight is 867 g/mol. The number of benzene rings is 1. The number of aromatic nitrogens is 1. The normalized spacial score (nSPS) is 34.3. The predicted molar refractivity (Wildman–Crippen MR) is 228 cm³/mol. The Balaban J connectivity index is 1.47. The molecule has 2 N–H and O–H groups in total. The number of Topliss-reactive ketones (excluding diaryl/α,β-unsaturated/α-hetero) is 2. The van der Waals surface area contributed by atoms with Gasteiger partial charge in [-0.05, 0) is 84.8 Å². The van der Waals surface area contributed by atoms with Gasteiger partial charge in [-0.3, -0.25) is 24.2 Å². The van der Waals surface area contributed by atoms with Crippen molar-refractivity contribution in [3.05, 3.63) is 53.9 Å².